The van der Waals surface area contributed by atoms with Crippen molar-refractivity contribution in [3.8, 4) is 0 Å². The van der Waals surface area contributed by atoms with E-state index in [1.165, 1.54) is 18.2 Å². The van der Waals surface area contributed by atoms with Crippen LogP contribution in [-0.4, -0.2) is 30.0 Å². The van der Waals surface area contributed by atoms with Gasteiger partial charge in [0.15, 0.2) is 0 Å². The molecule has 0 aliphatic heterocycles. The second kappa shape index (κ2) is 9.86. The first-order valence-corrected chi connectivity index (χ1v) is 8.34. The summed E-state index contributed by atoms with van der Waals surface area (Å²) >= 11 is 0. The van der Waals surface area contributed by atoms with Gasteiger partial charge < -0.3 is 9.47 Å². The number of rotatable bonds is 8. The molecule has 0 amide bonds. The summed E-state index contributed by atoms with van der Waals surface area (Å²) in [6.07, 6.45) is 1.26. The molecule has 2 aromatic rings. The lowest BCUT2D eigenvalue weighted by atomic mass is 9.98. The van der Waals surface area contributed by atoms with E-state index in [0.717, 1.165) is 0 Å². The van der Waals surface area contributed by atoms with Gasteiger partial charge in [-0.3, -0.25) is 10.1 Å². The van der Waals surface area contributed by atoms with Crippen molar-refractivity contribution in [2.75, 3.05) is 13.2 Å². The topological polar surface area (TPSA) is 95.7 Å². The molecule has 0 saturated carbocycles. The first-order valence-electron chi connectivity index (χ1n) is 8.34. The van der Waals surface area contributed by atoms with Gasteiger partial charge >= 0.3 is 11.9 Å². The zero-order valence-electron chi connectivity index (χ0n) is 14.7. The number of hydrogen-bond donors (Lipinski definition) is 0. The Morgan fingerprint density at radius 2 is 1.67 bits per heavy atom. The molecule has 1 atom stereocenters. The van der Waals surface area contributed by atoms with E-state index in [1.54, 1.807) is 55.5 Å². The first-order chi connectivity index (χ1) is 13.0. The fourth-order valence-electron chi connectivity index (χ4n) is 2.38. The molecule has 0 heterocycles. The second-order valence-electron chi connectivity index (χ2n) is 5.54. The molecule has 140 valence electrons. The van der Waals surface area contributed by atoms with E-state index in [9.17, 15) is 19.7 Å². The molecule has 7 nitrogen and oxygen atoms in total. The van der Waals surface area contributed by atoms with Crippen molar-refractivity contribution >= 4 is 11.9 Å². The first kappa shape index (κ1) is 19.8. The molecule has 0 radical (unpaired) electrons. The maximum Gasteiger partial charge on any atom is 0.374 e. The lowest BCUT2D eigenvalue weighted by Gasteiger charge is -2.13. The Morgan fingerprint density at radius 3 is 2.22 bits per heavy atom. The summed E-state index contributed by atoms with van der Waals surface area (Å²) in [7, 11) is 0. The normalized spacial score (nSPS) is 12.1. The van der Waals surface area contributed by atoms with Crippen LogP contribution in [0, 0.1) is 10.1 Å². The largest absolute Gasteiger partial charge is 0.460 e. The molecule has 2 aromatic carbocycles. The molecule has 0 aromatic heterocycles. The molecule has 0 bridgehead atoms. The van der Waals surface area contributed by atoms with Crippen LogP contribution in [-0.2, 0) is 14.3 Å². The van der Waals surface area contributed by atoms with Crippen molar-refractivity contribution in [3.63, 3.8) is 0 Å². The van der Waals surface area contributed by atoms with Gasteiger partial charge in [0.2, 0.25) is 12.3 Å². The van der Waals surface area contributed by atoms with Gasteiger partial charge in [-0.25, -0.2) is 9.59 Å². The molecule has 27 heavy (non-hydrogen) atoms. The fraction of sp³-hybridized carbons (Fsp3) is 0.200. The van der Waals surface area contributed by atoms with E-state index in [1.807, 2.05) is 0 Å². The fourth-order valence-corrected chi connectivity index (χ4v) is 2.38. The van der Waals surface area contributed by atoms with Crippen LogP contribution in [0.25, 0.3) is 0 Å². The van der Waals surface area contributed by atoms with Crippen LogP contribution in [0.15, 0.2) is 72.5 Å². The quantitative estimate of drug-likeness (QED) is 0.233. The monoisotopic (exact) mass is 369 g/mol. The van der Waals surface area contributed by atoms with Crippen LogP contribution >= 0.6 is 0 Å². The third kappa shape index (κ3) is 6.07. The van der Waals surface area contributed by atoms with Crippen LogP contribution in [0.1, 0.15) is 28.8 Å². The minimum Gasteiger partial charge on any atom is -0.460 e. The van der Waals surface area contributed by atoms with E-state index >= 15 is 0 Å². The van der Waals surface area contributed by atoms with Crippen molar-refractivity contribution < 1.29 is 24.0 Å². The SMILES string of the molecule is CCOC(=O)/C(=C/[C@H](C[N+](=O)[O-])c1ccccc1)OC(=O)c1ccccc1. The van der Waals surface area contributed by atoms with Gasteiger partial charge in [0.25, 0.3) is 0 Å². The third-order valence-corrected chi connectivity index (χ3v) is 3.61. The van der Waals surface area contributed by atoms with Crippen LogP contribution in [0.4, 0.5) is 0 Å². The summed E-state index contributed by atoms with van der Waals surface area (Å²) in [4.78, 5) is 35.1. The summed E-state index contributed by atoms with van der Waals surface area (Å²) in [5.74, 6) is -2.74. The van der Waals surface area contributed by atoms with Crippen LogP contribution in [0.2, 0.25) is 0 Å². The number of carbonyl (C=O) groups is 2. The van der Waals surface area contributed by atoms with E-state index in [4.69, 9.17) is 9.47 Å². The van der Waals surface area contributed by atoms with E-state index in [0.29, 0.717) is 5.56 Å². The number of esters is 2. The predicted molar refractivity (Wildman–Crippen MR) is 97.6 cm³/mol. The van der Waals surface area contributed by atoms with Gasteiger partial charge in [0, 0.05) is 4.92 Å². The minimum atomic E-state index is -0.855. The molecule has 0 aliphatic rings. The lowest BCUT2D eigenvalue weighted by Crippen LogP contribution is -2.18. The van der Waals surface area contributed by atoms with E-state index in [2.05, 4.69) is 0 Å². The highest BCUT2D eigenvalue weighted by atomic mass is 16.6. The zero-order chi connectivity index (χ0) is 19.6. The summed E-state index contributed by atoms with van der Waals surface area (Å²) in [6.45, 7) is 1.22. The van der Waals surface area contributed by atoms with E-state index in [-0.39, 0.29) is 17.9 Å². The van der Waals surface area contributed by atoms with Crippen LogP contribution in [0.5, 0.6) is 0 Å². The Hall–Kier alpha value is -3.48. The number of hydrogen-bond acceptors (Lipinski definition) is 6. The Labute approximate surface area is 156 Å². The third-order valence-electron chi connectivity index (χ3n) is 3.61. The molecule has 0 saturated heterocycles. The van der Waals surface area contributed by atoms with Crippen LogP contribution in [0.3, 0.4) is 0 Å². The van der Waals surface area contributed by atoms with Gasteiger partial charge in [-0.15, -0.1) is 0 Å². The van der Waals surface area contributed by atoms with Gasteiger partial charge in [0.1, 0.15) is 0 Å². The molecule has 0 N–H and O–H groups in total. The molecule has 0 spiro atoms. The molecular formula is C20H19NO6. The van der Waals surface area contributed by atoms with Crippen molar-refractivity contribution in [2.24, 2.45) is 0 Å². The Kier molecular flexibility index (Phi) is 7.25. The number of ether oxygens (including phenoxy) is 2. The zero-order valence-corrected chi connectivity index (χ0v) is 14.7. The Bertz CT molecular complexity index is 817. The summed E-state index contributed by atoms with van der Waals surface area (Å²) in [5.41, 5.74) is 0.866. The highest BCUT2D eigenvalue weighted by molar-refractivity contribution is 5.95. The van der Waals surface area contributed by atoms with Crippen molar-refractivity contribution in [1.29, 1.82) is 0 Å². The maximum absolute atomic E-state index is 12.3. The van der Waals surface area contributed by atoms with Crippen molar-refractivity contribution in [2.45, 2.75) is 12.8 Å². The van der Waals surface area contributed by atoms with E-state index < -0.39 is 29.3 Å². The average molecular weight is 369 g/mol. The Morgan fingerprint density at radius 1 is 1.07 bits per heavy atom. The minimum absolute atomic E-state index is 0.0737. The predicted octanol–water partition coefficient (Wildman–Crippen LogP) is 3.35. The Balaban J connectivity index is 2.35. The summed E-state index contributed by atoms with van der Waals surface area (Å²) < 4.78 is 10.1. The molecule has 0 aliphatic carbocycles. The second-order valence-corrected chi connectivity index (χ2v) is 5.54. The van der Waals surface area contributed by atoms with Gasteiger partial charge in [-0.1, -0.05) is 48.5 Å². The number of benzene rings is 2. The molecular weight excluding hydrogens is 350 g/mol. The maximum atomic E-state index is 12.3. The number of nitro groups is 1. The molecule has 0 unspecified atom stereocenters. The molecule has 2 rings (SSSR count). The summed E-state index contributed by atoms with van der Waals surface area (Å²) in [5, 5.41) is 11.1. The highest BCUT2D eigenvalue weighted by Gasteiger charge is 2.23. The van der Waals surface area contributed by atoms with Gasteiger partial charge in [0.05, 0.1) is 18.1 Å². The standard InChI is InChI=1S/C20H19NO6/c1-2-26-20(23)18(27-19(22)16-11-7-4-8-12-16)13-17(14-21(24)25)15-9-5-3-6-10-15/h3-13,17H,2,14H2,1H3/b18-13-/t17-/m1/s1. The van der Waals surface area contributed by atoms with Crippen molar-refractivity contribution in [1.82, 2.24) is 0 Å². The van der Waals surface area contributed by atoms with Crippen LogP contribution < -0.4 is 0 Å². The van der Waals surface area contributed by atoms with Gasteiger partial charge in [-0.05, 0) is 30.7 Å². The number of carbonyl (C=O) groups excluding carboxylic acids is 2. The van der Waals surface area contributed by atoms with Crippen molar-refractivity contribution in [3.05, 3.63) is 93.7 Å². The average Bonchev–Trinajstić information content (AvgIpc) is 2.68. The number of nitrogens with zero attached hydrogens (tertiary/aromatic N) is 1. The van der Waals surface area contributed by atoms with Gasteiger partial charge in [-0.2, -0.15) is 0 Å². The smallest absolute Gasteiger partial charge is 0.374 e. The lowest BCUT2D eigenvalue weighted by molar-refractivity contribution is -0.481. The molecule has 0 fully saturated rings. The highest BCUT2D eigenvalue weighted by Crippen LogP contribution is 2.21. The molecule has 7 heteroatoms. The summed E-state index contributed by atoms with van der Waals surface area (Å²) in [6, 6.07) is 16.8.